The Kier molecular flexibility index (Phi) is 3.07. The molecule has 1 aliphatic heterocycles. The summed E-state index contributed by atoms with van der Waals surface area (Å²) in [6.07, 6.45) is 0.771. The molecular weight excluding hydrogens is 216 g/mol. The number of rotatable bonds is 2. The molecule has 2 N–H and O–H groups in total. The van der Waals surface area contributed by atoms with Crippen LogP contribution >= 0.6 is 0 Å². The Morgan fingerprint density at radius 2 is 2.12 bits per heavy atom. The van der Waals surface area contributed by atoms with Gasteiger partial charge in [0.15, 0.2) is 0 Å². The van der Waals surface area contributed by atoms with Gasteiger partial charge in [-0.2, -0.15) is 0 Å². The largest absolute Gasteiger partial charge is 0.354 e. The summed E-state index contributed by atoms with van der Waals surface area (Å²) in [6, 6.07) is 9.65. The highest BCUT2D eigenvalue weighted by Crippen LogP contribution is 2.28. The van der Waals surface area contributed by atoms with E-state index in [-0.39, 0.29) is 6.04 Å². The summed E-state index contributed by atoms with van der Waals surface area (Å²) < 4.78 is 5.62. The van der Waals surface area contributed by atoms with Gasteiger partial charge in [-0.1, -0.05) is 30.3 Å². The number of hydrogen-bond acceptors (Lipinski definition) is 2. The van der Waals surface area contributed by atoms with E-state index in [2.05, 4.69) is 0 Å². The highest BCUT2D eigenvalue weighted by molar-refractivity contribution is 5.73. The highest BCUT2D eigenvalue weighted by atomic mass is 16.5. The van der Waals surface area contributed by atoms with Gasteiger partial charge in [-0.25, -0.2) is 4.79 Å². The molecule has 1 aromatic carbocycles. The van der Waals surface area contributed by atoms with Gasteiger partial charge in [0.25, 0.3) is 0 Å². The molecule has 0 saturated carbocycles. The number of ether oxygens (including phenoxy) is 1. The topological polar surface area (TPSA) is 55.6 Å². The Morgan fingerprint density at radius 3 is 2.71 bits per heavy atom. The van der Waals surface area contributed by atoms with Crippen LogP contribution in [0.5, 0.6) is 0 Å². The summed E-state index contributed by atoms with van der Waals surface area (Å²) in [6.45, 7) is 4.26. The molecule has 1 aromatic rings. The lowest BCUT2D eigenvalue weighted by molar-refractivity contribution is -0.0308. The molecule has 1 heterocycles. The van der Waals surface area contributed by atoms with Crippen LogP contribution in [-0.2, 0) is 11.2 Å². The van der Waals surface area contributed by atoms with E-state index in [1.54, 1.807) is 4.90 Å². The second kappa shape index (κ2) is 4.37. The first-order valence-corrected chi connectivity index (χ1v) is 5.77. The van der Waals surface area contributed by atoms with Crippen LogP contribution in [0.4, 0.5) is 4.79 Å². The van der Waals surface area contributed by atoms with Crippen LogP contribution < -0.4 is 5.73 Å². The summed E-state index contributed by atoms with van der Waals surface area (Å²) in [7, 11) is 0. The van der Waals surface area contributed by atoms with E-state index in [4.69, 9.17) is 10.5 Å². The Bertz CT molecular complexity index is 403. The summed E-state index contributed by atoms with van der Waals surface area (Å²) in [5.74, 6) is 0. The number of carbonyl (C=O) groups is 1. The second-order valence-electron chi connectivity index (χ2n) is 4.81. The molecule has 0 aromatic heterocycles. The lowest BCUT2D eigenvalue weighted by Gasteiger charge is -2.32. The maximum atomic E-state index is 11.5. The van der Waals surface area contributed by atoms with Crippen molar-refractivity contribution in [1.82, 2.24) is 4.90 Å². The van der Waals surface area contributed by atoms with Crippen molar-refractivity contribution < 1.29 is 9.53 Å². The van der Waals surface area contributed by atoms with Gasteiger partial charge in [-0.3, -0.25) is 4.90 Å². The molecule has 1 saturated heterocycles. The molecule has 1 fully saturated rings. The van der Waals surface area contributed by atoms with Crippen LogP contribution in [0.15, 0.2) is 30.3 Å². The van der Waals surface area contributed by atoms with Crippen molar-refractivity contribution in [3.63, 3.8) is 0 Å². The molecule has 92 valence electrons. The summed E-state index contributed by atoms with van der Waals surface area (Å²) in [5, 5.41) is 0. The van der Waals surface area contributed by atoms with Gasteiger partial charge < -0.3 is 10.5 Å². The van der Waals surface area contributed by atoms with Gasteiger partial charge in [-0.15, -0.1) is 0 Å². The fourth-order valence-electron chi connectivity index (χ4n) is 2.37. The van der Waals surface area contributed by atoms with Crippen LogP contribution in [0, 0.1) is 0 Å². The minimum Gasteiger partial charge on any atom is -0.354 e. The van der Waals surface area contributed by atoms with Gasteiger partial charge in [0.1, 0.15) is 5.72 Å². The number of hydrogen-bond donors (Lipinski definition) is 1. The molecule has 1 atom stereocenters. The fraction of sp³-hybridized carbons (Fsp3) is 0.462. The molecule has 0 radical (unpaired) electrons. The minimum absolute atomic E-state index is 0.0184. The summed E-state index contributed by atoms with van der Waals surface area (Å²) >= 11 is 0. The van der Waals surface area contributed by atoms with Gasteiger partial charge >= 0.3 is 6.03 Å². The van der Waals surface area contributed by atoms with E-state index in [1.807, 2.05) is 44.2 Å². The van der Waals surface area contributed by atoms with E-state index in [0.29, 0.717) is 6.61 Å². The lowest BCUT2D eigenvalue weighted by Crippen LogP contribution is -2.51. The first-order valence-electron chi connectivity index (χ1n) is 5.77. The Labute approximate surface area is 101 Å². The van der Waals surface area contributed by atoms with Crippen LogP contribution in [0.25, 0.3) is 0 Å². The van der Waals surface area contributed by atoms with Crippen LogP contribution in [0.3, 0.4) is 0 Å². The molecule has 1 aliphatic rings. The number of amides is 2. The third kappa shape index (κ3) is 2.42. The van der Waals surface area contributed by atoms with E-state index in [9.17, 15) is 4.79 Å². The Balaban J connectivity index is 2.14. The number of benzene rings is 1. The molecule has 4 heteroatoms. The number of primary amides is 1. The Hall–Kier alpha value is -1.55. The van der Waals surface area contributed by atoms with Gasteiger partial charge in [-0.05, 0) is 25.8 Å². The highest BCUT2D eigenvalue weighted by Gasteiger charge is 2.42. The van der Waals surface area contributed by atoms with Crippen molar-refractivity contribution >= 4 is 6.03 Å². The normalized spacial score (nSPS) is 22.7. The molecule has 17 heavy (non-hydrogen) atoms. The summed E-state index contributed by atoms with van der Waals surface area (Å²) in [4.78, 5) is 13.1. The minimum atomic E-state index is -0.606. The van der Waals surface area contributed by atoms with Crippen LogP contribution in [-0.4, -0.2) is 29.3 Å². The zero-order valence-corrected chi connectivity index (χ0v) is 10.2. The van der Waals surface area contributed by atoms with E-state index in [0.717, 1.165) is 6.42 Å². The SMILES string of the molecule is CC1(C)OCC(Cc2ccccc2)N1C(N)=O. The first kappa shape index (κ1) is 11.9. The van der Waals surface area contributed by atoms with Crippen molar-refractivity contribution in [2.75, 3.05) is 6.61 Å². The maximum absolute atomic E-state index is 11.5. The van der Waals surface area contributed by atoms with Crippen LogP contribution in [0.2, 0.25) is 0 Å². The zero-order chi connectivity index (χ0) is 12.5. The van der Waals surface area contributed by atoms with Crippen molar-refractivity contribution in [3.8, 4) is 0 Å². The van der Waals surface area contributed by atoms with Gasteiger partial charge in [0, 0.05) is 0 Å². The smallest absolute Gasteiger partial charge is 0.317 e. The van der Waals surface area contributed by atoms with Crippen LogP contribution in [0.1, 0.15) is 19.4 Å². The van der Waals surface area contributed by atoms with Crippen molar-refractivity contribution in [1.29, 1.82) is 0 Å². The van der Waals surface area contributed by atoms with Crippen molar-refractivity contribution in [2.24, 2.45) is 5.73 Å². The van der Waals surface area contributed by atoms with Crippen molar-refractivity contribution in [2.45, 2.75) is 32.0 Å². The van der Waals surface area contributed by atoms with E-state index >= 15 is 0 Å². The van der Waals surface area contributed by atoms with E-state index in [1.165, 1.54) is 5.56 Å². The van der Waals surface area contributed by atoms with Gasteiger partial charge in [0.05, 0.1) is 12.6 Å². The monoisotopic (exact) mass is 234 g/mol. The maximum Gasteiger partial charge on any atom is 0.317 e. The fourth-order valence-corrected chi connectivity index (χ4v) is 2.37. The average Bonchev–Trinajstić information content (AvgIpc) is 2.55. The van der Waals surface area contributed by atoms with Gasteiger partial charge in [0.2, 0.25) is 0 Å². The number of urea groups is 1. The number of nitrogens with zero attached hydrogens (tertiary/aromatic N) is 1. The molecule has 4 nitrogen and oxygen atoms in total. The first-order chi connectivity index (χ1) is 8.00. The predicted octanol–water partition coefficient (Wildman–Crippen LogP) is 1.74. The molecule has 0 bridgehead atoms. The number of carbonyl (C=O) groups excluding carboxylic acids is 1. The predicted molar refractivity (Wildman–Crippen MR) is 65.4 cm³/mol. The third-order valence-corrected chi connectivity index (χ3v) is 3.13. The average molecular weight is 234 g/mol. The molecule has 1 unspecified atom stereocenters. The standard InChI is InChI=1S/C13H18N2O2/c1-13(2)15(12(14)16)11(9-17-13)8-10-6-4-3-5-7-10/h3-7,11H,8-9H2,1-2H3,(H2,14,16). The van der Waals surface area contributed by atoms with Crippen molar-refractivity contribution in [3.05, 3.63) is 35.9 Å². The molecule has 0 aliphatic carbocycles. The molecular formula is C13H18N2O2. The summed E-state index contributed by atoms with van der Waals surface area (Å²) in [5.41, 5.74) is 6.00. The second-order valence-corrected chi connectivity index (χ2v) is 4.81. The quantitative estimate of drug-likeness (QED) is 0.847. The number of nitrogens with two attached hydrogens (primary N) is 1. The molecule has 0 spiro atoms. The van der Waals surface area contributed by atoms with E-state index < -0.39 is 11.8 Å². The lowest BCUT2D eigenvalue weighted by atomic mass is 10.1. The zero-order valence-electron chi connectivity index (χ0n) is 10.2. The Morgan fingerprint density at radius 1 is 1.47 bits per heavy atom. The molecule has 2 amide bonds. The third-order valence-electron chi connectivity index (χ3n) is 3.13. The molecule has 2 rings (SSSR count).